The SMILES string of the molecule is COc1nc(N(C)C)sc1C1(CCN)CC1. The summed E-state index contributed by atoms with van der Waals surface area (Å²) in [5, 5.41) is 1.01. The maximum Gasteiger partial charge on any atom is 0.229 e. The Bertz CT molecular complexity index is 371. The van der Waals surface area contributed by atoms with Crippen LogP contribution in [0.3, 0.4) is 0 Å². The van der Waals surface area contributed by atoms with Gasteiger partial charge in [-0.25, -0.2) is 0 Å². The van der Waals surface area contributed by atoms with Gasteiger partial charge in [0.15, 0.2) is 5.13 Å². The van der Waals surface area contributed by atoms with Gasteiger partial charge in [-0.3, -0.25) is 0 Å². The maximum atomic E-state index is 5.68. The van der Waals surface area contributed by atoms with Crippen LogP contribution in [0.2, 0.25) is 0 Å². The molecule has 4 nitrogen and oxygen atoms in total. The third-order valence-electron chi connectivity index (χ3n) is 3.12. The molecule has 16 heavy (non-hydrogen) atoms. The fraction of sp³-hybridized carbons (Fsp3) is 0.727. The third-order valence-corrected chi connectivity index (χ3v) is 4.57. The van der Waals surface area contributed by atoms with Crippen molar-refractivity contribution in [2.45, 2.75) is 24.7 Å². The highest BCUT2D eigenvalue weighted by molar-refractivity contribution is 7.16. The van der Waals surface area contributed by atoms with Crippen molar-refractivity contribution in [3.8, 4) is 5.88 Å². The molecular formula is C11H19N3OS. The van der Waals surface area contributed by atoms with Crippen LogP contribution in [-0.4, -0.2) is 32.7 Å². The van der Waals surface area contributed by atoms with Crippen molar-refractivity contribution in [3.05, 3.63) is 4.88 Å². The normalized spacial score (nSPS) is 17.2. The zero-order chi connectivity index (χ0) is 11.8. The van der Waals surface area contributed by atoms with E-state index in [-0.39, 0.29) is 5.41 Å². The number of aromatic nitrogens is 1. The van der Waals surface area contributed by atoms with Crippen molar-refractivity contribution in [1.29, 1.82) is 0 Å². The van der Waals surface area contributed by atoms with E-state index in [0.717, 1.165) is 24.0 Å². The monoisotopic (exact) mass is 241 g/mol. The molecule has 90 valence electrons. The summed E-state index contributed by atoms with van der Waals surface area (Å²) < 4.78 is 5.38. The molecule has 1 aromatic heterocycles. The van der Waals surface area contributed by atoms with Crippen molar-refractivity contribution in [2.24, 2.45) is 5.73 Å². The van der Waals surface area contributed by atoms with Crippen LogP contribution in [-0.2, 0) is 5.41 Å². The molecule has 1 aliphatic carbocycles. The molecule has 0 bridgehead atoms. The molecule has 0 aromatic carbocycles. The molecule has 0 amide bonds. The Labute approximate surface area is 100 Å². The van der Waals surface area contributed by atoms with Crippen LogP contribution in [0.15, 0.2) is 0 Å². The number of nitrogens with zero attached hydrogens (tertiary/aromatic N) is 2. The third kappa shape index (κ3) is 1.89. The predicted octanol–water partition coefficient (Wildman–Crippen LogP) is 1.60. The first-order valence-electron chi connectivity index (χ1n) is 5.55. The Morgan fingerprint density at radius 3 is 2.62 bits per heavy atom. The molecule has 1 fully saturated rings. The van der Waals surface area contributed by atoms with Gasteiger partial charge in [0.2, 0.25) is 5.88 Å². The summed E-state index contributed by atoms with van der Waals surface area (Å²) in [6.07, 6.45) is 3.48. The molecule has 2 N–H and O–H groups in total. The largest absolute Gasteiger partial charge is 0.480 e. The minimum atomic E-state index is 0.270. The van der Waals surface area contributed by atoms with E-state index in [1.54, 1.807) is 18.4 Å². The lowest BCUT2D eigenvalue weighted by molar-refractivity contribution is 0.390. The quantitative estimate of drug-likeness (QED) is 0.850. The van der Waals surface area contributed by atoms with Crippen LogP contribution in [0.4, 0.5) is 5.13 Å². The Balaban J connectivity index is 2.32. The van der Waals surface area contributed by atoms with Gasteiger partial charge in [0.05, 0.1) is 12.0 Å². The smallest absolute Gasteiger partial charge is 0.229 e. The van der Waals surface area contributed by atoms with Gasteiger partial charge in [-0.2, -0.15) is 4.98 Å². The molecule has 0 radical (unpaired) electrons. The summed E-state index contributed by atoms with van der Waals surface area (Å²) in [4.78, 5) is 7.80. The average Bonchev–Trinajstić information content (AvgIpc) is 2.90. The molecule has 0 spiro atoms. The van der Waals surface area contributed by atoms with Crippen molar-refractivity contribution in [1.82, 2.24) is 4.98 Å². The van der Waals surface area contributed by atoms with E-state index in [0.29, 0.717) is 0 Å². The maximum absolute atomic E-state index is 5.68. The first kappa shape index (κ1) is 11.7. The van der Waals surface area contributed by atoms with Crippen LogP contribution >= 0.6 is 11.3 Å². The fourth-order valence-electron chi connectivity index (χ4n) is 1.98. The predicted molar refractivity (Wildman–Crippen MR) is 67.6 cm³/mol. The Kier molecular flexibility index (Phi) is 3.08. The van der Waals surface area contributed by atoms with E-state index >= 15 is 0 Å². The van der Waals surface area contributed by atoms with E-state index in [1.165, 1.54) is 17.7 Å². The van der Waals surface area contributed by atoms with Crippen LogP contribution in [0.5, 0.6) is 5.88 Å². The minimum Gasteiger partial charge on any atom is -0.480 e. The summed E-state index contributed by atoms with van der Waals surface area (Å²) in [6.45, 7) is 0.734. The van der Waals surface area contributed by atoms with Gasteiger partial charge in [0, 0.05) is 19.5 Å². The van der Waals surface area contributed by atoms with Gasteiger partial charge in [-0.05, 0) is 25.8 Å². The van der Waals surface area contributed by atoms with E-state index in [9.17, 15) is 0 Å². The Hall–Kier alpha value is -0.810. The molecule has 1 aliphatic rings. The highest BCUT2D eigenvalue weighted by Gasteiger charge is 2.47. The second kappa shape index (κ2) is 4.22. The zero-order valence-electron chi connectivity index (χ0n) is 10.1. The molecular weight excluding hydrogens is 222 g/mol. The molecule has 0 aliphatic heterocycles. The number of hydrogen-bond donors (Lipinski definition) is 1. The van der Waals surface area contributed by atoms with Crippen LogP contribution in [0.25, 0.3) is 0 Å². The lowest BCUT2D eigenvalue weighted by atomic mass is 10.0. The van der Waals surface area contributed by atoms with Crippen molar-refractivity contribution < 1.29 is 4.74 Å². The number of anilines is 1. The Morgan fingerprint density at radius 1 is 1.50 bits per heavy atom. The fourth-order valence-corrected chi connectivity index (χ4v) is 3.21. The summed E-state index contributed by atoms with van der Waals surface area (Å²) in [7, 11) is 5.70. The molecule has 0 saturated heterocycles. The first-order chi connectivity index (χ1) is 7.63. The summed E-state index contributed by atoms with van der Waals surface area (Å²) in [6, 6.07) is 0. The molecule has 0 atom stereocenters. The lowest BCUT2D eigenvalue weighted by Crippen LogP contribution is -2.12. The van der Waals surface area contributed by atoms with Crippen molar-refractivity contribution in [2.75, 3.05) is 32.6 Å². The van der Waals surface area contributed by atoms with Gasteiger partial charge in [-0.15, -0.1) is 0 Å². The van der Waals surface area contributed by atoms with Gasteiger partial charge in [0.25, 0.3) is 0 Å². The van der Waals surface area contributed by atoms with Crippen molar-refractivity contribution in [3.63, 3.8) is 0 Å². The summed E-state index contributed by atoms with van der Waals surface area (Å²) in [5.41, 5.74) is 5.95. The summed E-state index contributed by atoms with van der Waals surface area (Å²) in [5.74, 6) is 0.791. The lowest BCUT2D eigenvalue weighted by Gasteiger charge is -2.12. The van der Waals surface area contributed by atoms with Crippen molar-refractivity contribution >= 4 is 16.5 Å². The number of thiazole rings is 1. The number of methoxy groups -OCH3 is 1. The minimum absolute atomic E-state index is 0.270. The van der Waals surface area contributed by atoms with Gasteiger partial charge in [0.1, 0.15) is 0 Å². The molecule has 1 heterocycles. The zero-order valence-corrected chi connectivity index (χ0v) is 10.9. The van der Waals surface area contributed by atoms with Gasteiger partial charge >= 0.3 is 0 Å². The highest BCUT2D eigenvalue weighted by Crippen LogP contribution is 2.56. The van der Waals surface area contributed by atoms with E-state index < -0.39 is 0 Å². The average molecular weight is 241 g/mol. The summed E-state index contributed by atoms with van der Waals surface area (Å²) >= 11 is 1.74. The molecule has 1 saturated carbocycles. The van der Waals surface area contributed by atoms with Gasteiger partial charge in [-0.1, -0.05) is 11.3 Å². The van der Waals surface area contributed by atoms with E-state index in [4.69, 9.17) is 10.5 Å². The molecule has 1 aromatic rings. The van der Waals surface area contributed by atoms with Crippen LogP contribution < -0.4 is 15.4 Å². The first-order valence-corrected chi connectivity index (χ1v) is 6.37. The standard InChI is InChI=1S/C11H19N3OS/c1-14(2)10-13-9(15-3)8(16-10)11(4-5-11)6-7-12/h4-7,12H2,1-3H3. The topological polar surface area (TPSA) is 51.4 Å². The second-order valence-corrected chi connectivity index (χ2v) is 5.53. The van der Waals surface area contributed by atoms with E-state index in [2.05, 4.69) is 4.98 Å². The number of ether oxygens (including phenoxy) is 1. The number of hydrogen-bond acceptors (Lipinski definition) is 5. The molecule has 2 rings (SSSR count). The molecule has 0 unspecified atom stereocenters. The molecule has 5 heteroatoms. The van der Waals surface area contributed by atoms with Crippen LogP contribution in [0, 0.1) is 0 Å². The van der Waals surface area contributed by atoms with E-state index in [1.807, 2.05) is 19.0 Å². The Morgan fingerprint density at radius 2 is 2.19 bits per heavy atom. The van der Waals surface area contributed by atoms with Crippen LogP contribution in [0.1, 0.15) is 24.1 Å². The second-order valence-electron chi connectivity index (χ2n) is 4.55. The highest BCUT2D eigenvalue weighted by atomic mass is 32.1. The van der Waals surface area contributed by atoms with Gasteiger partial charge < -0.3 is 15.4 Å². The number of nitrogens with two attached hydrogens (primary N) is 1. The number of rotatable bonds is 5.